The van der Waals surface area contributed by atoms with Crippen LogP contribution in [0.25, 0.3) is 0 Å². The molecule has 0 unspecified atom stereocenters. The lowest BCUT2D eigenvalue weighted by Gasteiger charge is -2.42. The first-order valence-corrected chi connectivity index (χ1v) is 13.1. The van der Waals surface area contributed by atoms with Gasteiger partial charge in [-0.3, -0.25) is 9.59 Å². The summed E-state index contributed by atoms with van der Waals surface area (Å²) in [4.78, 5) is 27.7. The summed E-state index contributed by atoms with van der Waals surface area (Å²) in [6, 6.07) is 4.30. The van der Waals surface area contributed by atoms with Gasteiger partial charge >= 0.3 is 0 Å². The van der Waals surface area contributed by atoms with Gasteiger partial charge in [0.15, 0.2) is 17.5 Å². The van der Waals surface area contributed by atoms with E-state index in [4.69, 9.17) is 11.6 Å². The van der Waals surface area contributed by atoms with E-state index in [9.17, 15) is 19.1 Å². The Morgan fingerprint density at radius 2 is 1.84 bits per heavy atom. The maximum absolute atomic E-state index is 15.5. The molecule has 1 saturated heterocycles. The molecule has 2 aromatic carbocycles. The highest BCUT2D eigenvalue weighted by Gasteiger charge is 2.66. The predicted octanol–water partition coefficient (Wildman–Crippen LogP) is 4.54. The SMILES string of the molecule is CC(C)(C)C[C@@H]1N[C@@H](C(=O)NC2CC(C)(O)C2)[C@H](c2cccc(F)c2F)[C@@]12C(=O)Nc1c2ccc(Cl)c1F. The molecule has 4 atom stereocenters. The molecule has 204 valence electrons. The molecular weight excluding hydrogens is 519 g/mol. The molecule has 4 N–H and O–H groups in total. The molecule has 2 aliphatic heterocycles. The van der Waals surface area contributed by atoms with Crippen molar-refractivity contribution in [1.29, 1.82) is 0 Å². The maximum Gasteiger partial charge on any atom is 0.238 e. The lowest BCUT2D eigenvalue weighted by Crippen LogP contribution is -2.57. The Morgan fingerprint density at radius 3 is 2.47 bits per heavy atom. The van der Waals surface area contributed by atoms with Gasteiger partial charge < -0.3 is 21.1 Å². The number of amides is 2. The number of aliphatic hydroxyl groups is 1. The van der Waals surface area contributed by atoms with Gasteiger partial charge in [0.2, 0.25) is 11.8 Å². The average Bonchev–Trinajstić information content (AvgIpc) is 3.27. The van der Waals surface area contributed by atoms with Crippen LogP contribution in [0.15, 0.2) is 30.3 Å². The first-order valence-electron chi connectivity index (χ1n) is 12.7. The summed E-state index contributed by atoms with van der Waals surface area (Å²) in [6.45, 7) is 7.54. The second kappa shape index (κ2) is 8.96. The number of hydrogen-bond donors (Lipinski definition) is 4. The minimum atomic E-state index is -1.64. The Bertz CT molecular complexity index is 1320. The number of hydrogen-bond acceptors (Lipinski definition) is 4. The maximum atomic E-state index is 15.5. The largest absolute Gasteiger partial charge is 0.390 e. The normalized spacial score (nSPS) is 32.2. The van der Waals surface area contributed by atoms with Crippen molar-refractivity contribution in [1.82, 2.24) is 10.6 Å². The molecule has 0 radical (unpaired) electrons. The van der Waals surface area contributed by atoms with Crippen molar-refractivity contribution in [3.63, 3.8) is 0 Å². The van der Waals surface area contributed by atoms with Crippen LogP contribution in [0.5, 0.6) is 0 Å². The third kappa shape index (κ3) is 4.19. The lowest BCUT2D eigenvalue weighted by atomic mass is 9.62. The fourth-order valence-corrected chi connectivity index (χ4v) is 6.73. The number of anilines is 1. The van der Waals surface area contributed by atoms with Crippen LogP contribution in [0.4, 0.5) is 18.9 Å². The topological polar surface area (TPSA) is 90.5 Å². The molecule has 2 fully saturated rings. The van der Waals surface area contributed by atoms with Gasteiger partial charge in [0.05, 0.1) is 22.4 Å². The summed E-state index contributed by atoms with van der Waals surface area (Å²) in [7, 11) is 0. The molecule has 5 rings (SSSR count). The van der Waals surface area contributed by atoms with Crippen molar-refractivity contribution in [3.8, 4) is 0 Å². The Labute approximate surface area is 224 Å². The molecule has 2 heterocycles. The first-order chi connectivity index (χ1) is 17.7. The van der Waals surface area contributed by atoms with E-state index < -0.39 is 58.3 Å². The summed E-state index contributed by atoms with van der Waals surface area (Å²) in [5.41, 5.74) is -2.94. The zero-order valence-corrected chi connectivity index (χ0v) is 22.3. The Hall–Kier alpha value is -2.62. The van der Waals surface area contributed by atoms with Crippen LogP contribution < -0.4 is 16.0 Å². The van der Waals surface area contributed by atoms with Gasteiger partial charge in [-0.2, -0.15) is 0 Å². The summed E-state index contributed by atoms with van der Waals surface area (Å²) in [5.74, 6) is -5.46. The highest BCUT2D eigenvalue weighted by molar-refractivity contribution is 6.31. The summed E-state index contributed by atoms with van der Waals surface area (Å²) < 4.78 is 45.3. The van der Waals surface area contributed by atoms with E-state index in [0.29, 0.717) is 19.3 Å². The number of nitrogens with one attached hydrogen (secondary N) is 3. The van der Waals surface area contributed by atoms with Crippen LogP contribution in [-0.2, 0) is 15.0 Å². The van der Waals surface area contributed by atoms with E-state index in [-0.39, 0.29) is 33.3 Å². The lowest BCUT2D eigenvalue weighted by molar-refractivity contribution is -0.127. The highest BCUT2D eigenvalue weighted by Crippen LogP contribution is 2.57. The van der Waals surface area contributed by atoms with Crippen LogP contribution in [0.2, 0.25) is 5.02 Å². The van der Waals surface area contributed by atoms with Crippen LogP contribution >= 0.6 is 11.6 Å². The molecule has 38 heavy (non-hydrogen) atoms. The van der Waals surface area contributed by atoms with Gasteiger partial charge in [0, 0.05) is 18.0 Å². The summed E-state index contributed by atoms with van der Waals surface area (Å²) >= 11 is 6.02. The van der Waals surface area contributed by atoms with Crippen molar-refractivity contribution in [2.24, 2.45) is 5.41 Å². The molecular formula is C28H31ClF3N3O3. The molecule has 1 aliphatic carbocycles. The molecule has 0 bridgehead atoms. The Balaban J connectivity index is 1.71. The molecule has 2 aromatic rings. The number of rotatable bonds is 4. The fraction of sp³-hybridized carbons (Fsp3) is 0.500. The zero-order chi connectivity index (χ0) is 27.8. The van der Waals surface area contributed by atoms with Crippen molar-refractivity contribution < 1.29 is 27.9 Å². The van der Waals surface area contributed by atoms with Crippen LogP contribution in [0.1, 0.15) is 64.0 Å². The predicted molar refractivity (Wildman–Crippen MR) is 137 cm³/mol. The van der Waals surface area contributed by atoms with Gasteiger partial charge in [-0.05, 0) is 54.9 Å². The smallest absolute Gasteiger partial charge is 0.238 e. The van der Waals surface area contributed by atoms with E-state index in [0.717, 1.165) is 6.07 Å². The average molecular weight is 550 g/mol. The molecule has 6 nitrogen and oxygen atoms in total. The third-order valence-corrected chi connectivity index (χ3v) is 8.34. The van der Waals surface area contributed by atoms with Gasteiger partial charge in [0.25, 0.3) is 0 Å². The molecule has 10 heteroatoms. The van der Waals surface area contributed by atoms with Crippen molar-refractivity contribution in [2.75, 3.05) is 5.32 Å². The number of benzene rings is 2. The Kier molecular flexibility index (Phi) is 6.36. The molecule has 1 saturated carbocycles. The fourth-order valence-electron chi connectivity index (χ4n) is 6.58. The molecule has 2 amide bonds. The van der Waals surface area contributed by atoms with E-state index in [1.54, 1.807) is 6.92 Å². The monoisotopic (exact) mass is 549 g/mol. The van der Waals surface area contributed by atoms with Gasteiger partial charge in [0.1, 0.15) is 5.41 Å². The van der Waals surface area contributed by atoms with Gasteiger partial charge in [-0.15, -0.1) is 0 Å². The van der Waals surface area contributed by atoms with Crippen LogP contribution in [0.3, 0.4) is 0 Å². The van der Waals surface area contributed by atoms with E-state index in [1.165, 1.54) is 24.3 Å². The third-order valence-electron chi connectivity index (χ3n) is 8.04. The quantitative estimate of drug-likeness (QED) is 0.451. The summed E-state index contributed by atoms with van der Waals surface area (Å²) in [6.07, 6.45) is 1.04. The first kappa shape index (κ1) is 27.0. The minimum absolute atomic E-state index is 0.124. The molecule has 0 aromatic heterocycles. The Morgan fingerprint density at radius 1 is 1.16 bits per heavy atom. The second-order valence-corrected chi connectivity index (χ2v) is 12.7. The van der Waals surface area contributed by atoms with E-state index >= 15 is 8.78 Å². The van der Waals surface area contributed by atoms with Crippen molar-refractivity contribution in [2.45, 2.75) is 82.0 Å². The number of halogens is 4. The van der Waals surface area contributed by atoms with Crippen LogP contribution in [0, 0.1) is 22.9 Å². The van der Waals surface area contributed by atoms with Crippen LogP contribution in [-0.4, -0.2) is 40.6 Å². The van der Waals surface area contributed by atoms with Gasteiger partial charge in [-0.1, -0.05) is 50.6 Å². The van der Waals surface area contributed by atoms with Crippen molar-refractivity contribution >= 4 is 29.1 Å². The minimum Gasteiger partial charge on any atom is -0.390 e. The van der Waals surface area contributed by atoms with Crippen molar-refractivity contribution in [3.05, 3.63) is 63.9 Å². The standard InChI is InChI=1S/C28H31ClF3N3O3/c1-26(2,3)12-18-28(15-8-9-16(29)21(32)22(15)35-25(28)37)19(14-6-5-7-17(30)20(14)31)23(34-18)24(36)33-13-10-27(4,38)11-13/h5-9,13,18-19,23,34,38H,10-12H2,1-4H3,(H,33,36)(H,35,37)/t13?,18-,19-,23+,27?,28-/m0/s1. The zero-order valence-electron chi connectivity index (χ0n) is 21.6. The highest BCUT2D eigenvalue weighted by atomic mass is 35.5. The van der Waals surface area contributed by atoms with E-state index in [1.807, 2.05) is 20.8 Å². The van der Waals surface area contributed by atoms with E-state index in [2.05, 4.69) is 16.0 Å². The number of fused-ring (bicyclic) bond motifs is 2. The molecule has 3 aliphatic rings. The number of carbonyl (C=O) groups is 2. The molecule has 1 spiro atoms. The van der Waals surface area contributed by atoms with Gasteiger partial charge in [-0.25, -0.2) is 13.2 Å². The number of carbonyl (C=O) groups excluding carboxylic acids is 2. The second-order valence-electron chi connectivity index (χ2n) is 12.3. The summed E-state index contributed by atoms with van der Waals surface area (Å²) in [5, 5.41) is 18.7.